The maximum Gasteiger partial charge on any atom is 0.0541 e. The van der Waals surface area contributed by atoms with Gasteiger partial charge in [-0.05, 0) is 172 Å². The maximum absolute atomic E-state index is 7.41. The van der Waals surface area contributed by atoms with Gasteiger partial charge >= 0.3 is 0 Å². The molecule has 392 valence electrons. The highest BCUT2D eigenvalue weighted by Crippen LogP contribution is 2.45. The summed E-state index contributed by atoms with van der Waals surface area (Å²) in [6, 6.07) is 115. The first-order chi connectivity index (χ1) is 41.1. The van der Waals surface area contributed by atoms with Crippen LogP contribution in [0.1, 0.15) is 0 Å². The van der Waals surface area contributed by atoms with Crippen molar-refractivity contribution >= 4 is 89.3 Å². The number of fused-ring (bicyclic) bond motifs is 6. The molecule has 0 aliphatic heterocycles. The Kier molecular flexibility index (Phi) is 12.6. The normalized spacial score (nSPS) is 11.4. The number of benzene rings is 13. The van der Waals surface area contributed by atoms with Gasteiger partial charge in [-0.1, -0.05) is 206 Å². The number of rotatable bonds is 12. The van der Waals surface area contributed by atoms with Crippen LogP contribution in [0, 0.1) is 0 Å². The Balaban J connectivity index is 0.833. The summed E-state index contributed by atoms with van der Waals surface area (Å²) in [4.78, 5) is 4.63. The zero-order valence-electron chi connectivity index (χ0n) is 45.3. The fourth-order valence-corrected chi connectivity index (χ4v) is 12.4. The van der Waals surface area contributed by atoms with E-state index in [1.807, 2.05) is 0 Å². The van der Waals surface area contributed by atoms with E-state index < -0.39 is 0 Å². The smallest absolute Gasteiger partial charge is 0.0541 e. The third-order valence-electron chi connectivity index (χ3n) is 16.1. The second kappa shape index (κ2) is 21.1. The summed E-state index contributed by atoms with van der Waals surface area (Å²) >= 11 is 7.41. The van der Waals surface area contributed by atoms with Crippen LogP contribution >= 0.6 is 11.6 Å². The summed E-state index contributed by atoms with van der Waals surface area (Å²) < 4.78 is 4.73. The van der Waals surface area contributed by atoms with Gasteiger partial charge in [0.15, 0.2) is 0 Å². The third kappa shape index (κ3) is 9.18. The van der Waals surface area contributed by atoms with Gasteiger partial charge in [0.2, 0.25) is 0 Å². The molecule has 0 amide bonds. The van der Waals surface area contributed by atoms with Gasteiger partial charge < -0.3 is 18.9 Å². The first-order valence-corrected chi connectivity index (χ1v) is 28.5. The van der Waals surface area contributed by atoms with E-state index in [2.05, 4.69) is 340 Å². The number of halogens is 1. The molecule has 0 N–H and O–H groups in total. The van der Waals surface area contributed by atoms with Gasteiger partial charge in [-0.2, -0.15) is 0 Å². The highest BCUT2D eigenvalue weighted by molar-refractivity contribution is 6.31. The quantitative estimate of drug-likeness (QED) is 0.121. The predicted molar refractivity (Wildman–Crippen MR) is 351 cm³/mol. The maximum atomic E-state index is 7.41. The molecule has 2 heterocycles. The van der Waals surface area contributed by atoms with Crippen molar-refractivity contribution in [2.45, 2.75) is 0 Å². The number of hydrogen-bond acceptors (Lipinski definition) is 2. The molecule has 13 aromatic carbocycles. The molecule has 4 nitrogen and oxygen atoms in total. The van der Waals surface area contributed by atoms with E-state index >= 15 is 0 Å². The molecule has 0 atom stereocenters. The number of nitrogens with zero attached hydrogens (tertiary/aromatic N) is 4. The lowest BCUT2D eigenvalue weighted by Crippen LogP contribution is -2.13. The molecular formula is C78H53ClN4. The standard InChI is InChI=1S/C78H53ClN4/c79-62-51-69(80(65-39-29-56(30-40-65)54-17-5-1-6-18-54)67-43-33-58(34-44-67)60-37-47-77-73(49-60)71-25-13-15-27-75(71)82(77)63-21-9-3-10-22-63)53-70(52-62)81(66-41-31-57(32-42-66)55-19-7-2-8-20-55)68-45-35-59(36-46-68)61-38-48-78-74(50-61)72-26-14-16-28-76(72)83(78)64-23-11-4-12-24-64/h1-53H. The molecule has 0 bridgehead atoms. The molecule has 0 spiro atoms. The minimum atomic E-state index is 0.619. The van der Waals surface area contributed by atoms with E-state index in [0.717, 1.165) is 78.9 Å². The fourth-order valence-electron chi connectivity index (χ4n) is 12.2. The lowest BCUT2D eigenvalue weighted by atomic mass is 10.0. The molecule has 15 aromatic rings. The topological polar surface area (TPSA) is 16.3 Å². The summed E-state index contributed by atoms with van der Waals surface area (Å²) in [5.41, 5.74) is 22.1. The van der Waals surface area contributed by atoms with Crippen LogP contribution in [0.4, 0.5) is 34.1 Å². The summed E-state index contributed by atoms with van der Waals surface area (Å²) in [6.45, 7) is 0. The summed E-state index contributed by atoms with van der Waals surface area (Å²) in [6.07, 6.45) is 0. The van der Waals surface area contributed by atoms with E-state index in [1.165, 1.54) is 54.7 Å². The summed E-state index contributed by atoms with van der Waals surface area (Å²) in [7, 11) is 0. The van der Waals surface area contributed by atoms with Crippen molar-refractivity contribution in [1.82, 2.24) is 9.13 Å². The molecular weight excluding hydrogens is 1030 g/mol. The van der Waals surface area contributed by atoms with Crippen molar-refractivity contribution in [1.29, 1.82) is 0 Å². The largest absolute Gasteiger partial charge is 0.310 e. The molecule has 2 aromatic heterocycles. The Morgan fingerprint density at radius 3 is 0.843 bits per heavy atom. The second-order valence-corrected chi connectivity index (χ2v) is 21.5. The minimum absolute atomic E-state index is 0.619. The molecule has 0 saturated carbocycles. The van der Waals surface area contributed by atoms with Crippen molar-refractivity contribution in [3.63, 3.8) is 0 Å². The van der Waals surface area contributed by atoms with Crippen LogP contribution in [-0.4, -0.2) is 9.13 Å². The van der Waals surface area contributed by atoms with E-state index in [0.29, 0.717) is 5.02 Å². The zero-order chi connectivity index (χ0) is 55.2. The van der Waals surface area contributed by atoms with Gasteiger partial charge in [-0.3, -0.25) is 0 Å². The Bertz CT molecular complexity index is 4500. The molecule has 0 unspecified atom stereocenters. The van der Waals surface area contributed by atoms with Crippen LogP contribution in [-0.2, 0) is 0 Å². The molecule has 5 heteroatoms. The predicted octanol–water partition coefficient (Wildman–Crippen LogP) is 22.1. The Hall–Kier alpha value is -10.7. The molecule has 0 saturated heterocycles. The van der Waals surface area contributed by atoms with Crippen LogP contribution in [0.3, 0.4) is 0 Å². The van der Waals surface area contributed by atoms with Crippen molar-refractivity contribution in [2.24, 2.45) is 0 Å². The van der Waals surface area contributed by atoms with E-state index in [4.69, 9.17) is 11.6 Å². The average molecular weight is 1080 g/mol. The fraction of sp³-hybridized carbons (Fsp3) is 0. The molecule has 0 aliphatic rings. The van der Waals surface area contributed by atoms with Crippen LogP contribution in [0.2, 0.25) is 5.02 Å². The van der Waals surface area contributed by atoms with E-state index in [9.17, 15) is 0 Å². The number of para-hydroxylation sites is 4. The number of hydrogen-bond donors (Lipinski definition) is 0. The average Bonchev–Trinajstić information content (AvgIpc) is 3.47. The third-order valence-corrected chi connectivity index (χ3v) is 16.4. The van der Waals surface area contributed by atoms with Crippen molar-refractivity contribution in [3.05, 3.63) is 327 Å². The van der Waals surface area contributed by atoms with Crippen LogP contribution in [0.25, 0.3) is 99.5 Å². The summed E-state index contributed by atoms with van der Waals surface area (Å²) in [5.74, 6) is 0. The van der Waals surface area contributed by atoms with Crippen molar-refractivity contribution in [2.75, 3.05) is 9.80 Å². The molecule has 0 fully saturated rings. The lowest BCUT2D eigenvalue weighted by molar-refractivity contribution is 1.18. The summed E-state index contributed by atoms with van der Waals surface area (Å²) in [5, 5.41) is 5.51. The van der Waals surface area contributed by atoms with Gasteiger partial charge in [0.05, 0.1) is 22.1 Å². The SMILES string of the molecule is Clc1cc(N(c2ccc(-c3ccccc3)cc2)c2ccc(-c3ccc4c(c3)c3ccccc3n4-c3ccccc3)cc2)cc(N(c2ccc(-c3ccccc3)cc2)c2ccc(-c3ccc4c(c3)c3ccccc3n4-c3ccccc3)cc2)c1. The van der Waals surface area contributed by atoms with Crippen LogP contribution < -0.4 is 9.80 Å². The van der Waals surface area contributed by atoms with Crippen molar-refractivity contribution < 1.29 is 0 Å². The van der Waals surface area contributed by atoms with Crippen LogP contribution in [0.5, 0.6) is 0 Å². The number of anilines is 6. The van der Waals surface area contributed by atoms with Gasteiger partial charge in [-0.15, -0.1) is 0 Å². The second-order valence-electron chi connectivity index (χ2n) is 21.1. The molecule has 83 heavy (non-hydrogen) atoms. The molecule has 0 radical (unpaired) electrons. The number of aromatic nitrogens is 2. The first kappa shape index (κ1) is 49.4. The Morgan fingerprint density at radius 2 is 0.482 bits per heavy atom. The monoisotopic (exact) mass is 1080 g/mol. The molecule has 0 aliphatic carbocycles. The first-order valence-electron chi connectivity index (χ1n) is 28.2. The van der Waals surface area contributed by atoms with Gasteiger partial charge in [-0.25, -0.2) is 0 Å². The van der Waals surface area contributed by atoms with Gasteiger partial charge in [0.25, 0.3) is 0 Å². The zero-order valence-corrected chi connectivity index (χ0v) is 46.0. The Labute approximate surface area is 487 Å². The highest BCUT2D eigenvalue weighted by atomic mass is 35.5. The van der Waals surface area contributed by atoms with E-state index in [1.54, 1.807) is 0 Å². The van der Waals surface area contributed by atoms with Gasteiger partial charge in [0, 0.05) is 72.1 Å². The van der Waals surface area contributed by atoms with Gasteiger partial charge in [0.1, 0.15) is 0 Å². The minimum Gasteiger partial charge on any atom is -0.310 e. The highest BCUT2D eigenvalue weighted by Gasteiger charge is 2.21. The molecule has 15 rings (SSSR count). The van der Waals surface area contributed by atoms with E-state index in [-0.39, 0.29) is 0 Å². The Morgan fingerprint density at radius 1 is 0.205 bits per heavy atom. The van der Waals surface area contributed by atoms with Crippen molar-refractivity contribution in [3.8, 4) is 55.9 Å². The van der Waals surface area contributed by atoms with Crippen LogP contribution in [0.15, 0.2) is 322 Å². The lowest BCUT2D eigenvalue weighted by Gasteiger charge is -2.30.